The number of benzene rings is 1. The van der Waals surface area contributed by atoms with Gasteiger partial charge in [0.2, 0.25) is 5.88 Å². The van der Waals surface area contributed by atoms with Gasteiger partial charge in [-0.25, -0.2) is 4.98 Å². The van der Waals surface area contributed by atoms with E-state index in [1.807, 2.05) is 24.3 Å². The van der Waals surface area contributed by atoms with Gasteiger partial charge in [0.1, 0.15) is 24.3 Å². The lowest BCUT2D eigenvalue weighted by molar-refractivity contribution is 0.257. The third-order valence-electron chi connectivity index (χ3n) is 5.40. The minimum Gasteiger partial charge on any atom is -0.494 e. The average Bonchev–Trinajstić information content (AvgIpc) is 3.29. The van der Waals surface area contributed by atoms with Gasteiger partial charge in [0, 0.05) is 11.8 Å². The fourth-order valence-corrected chi connectivity index (χ4v) is 4.47. The Hall–Kier alpha value is -2.54. The van der Waals surface area contributed by atoms with Crippen molar-refractivity contribution in [2.24, 2.45) is 0 Å². The van der Waals surface area contributed by atoms with Gasteiger partial charge in [0.05, 0.1) is 4.88 Å². The van der Waals surface area contributed by atoms with Gasteiger partial charge in [-0.2, -0.15) is 0 Å². The van der Waals surface area contributed by atoms with Gasteiger partial charge in [-0.3, -0.25) is 9.78 Å². The molecule has 0 radical (unpaired) electrons. The zero-order valence-electron chi connectivity index (χ0n) is 15.9. The second-order valence-electron chi connectivity index (χ2n) is 7.66. The number of H-pyrrole nitrogens is 1. The molecular formula is C21H24N2O4S. The molecule has 3 aromatic rings. The lowest BCUT2D eigenvalue weighted by Gasteiger charge is -2.30. The topological polar surface area (TPSA) is 88.3 Å². The number of hydrogen-bond acceptors (Lipinski definition) is 6. The highest BCUT2D eigenvalue weighted by molar-refractivity contribution is 7.09. The Labute approximate surface area is 167 Å². The van der Waals surface area contributed by atoms with Gasteiger partial charge in [-0.05, 0) is 30.5 Å². The summed E-state index contributed by atoms with van der Waals surface area (Å²) in [6, 6.07) is 7.61. The molecule has 6 nitrogen and oxygen atoms in total. The van der Waals surface area contributed by atoms with Crippen LogP contribution in [-0.2, 0) is 18.4 Å². The molecule has 1 aromatic carbocycles. The molecule has 2 N–H and O–H groups in total. The van der Waals surface area contributed by atoms with Crippen molar-refractivity contribution >= 4 is 11.3 Å². The van der Waals surface area contributed by atoms with Crippen molar-refractivity contribution in [2.45, 2.75) is 57.5 Å². The van der Waals surface area contributed by atoms with Gasteiger partial charge in [-0.15, -0.1) is 0 Å². The Bertz CT molecular complexity index is 981. The molecule has 2 aromatic heterocycles. The molecule has 1 fully saturated rings. The van der Waals surface area contributed by atoms with Crippen LogP contribution in [-0.4, -0.2) is 15.1 Å². The summed E-state index contributed by atoms with van der Waals surface area (Å²) in [5.74, 6) is 1.51. The average molecular weight is 401 g/mol. The highest BCUT2D eigenvalue weighted by atomic mass is 32.1. The van der Waals surface area contributed by atoms with Gasteiger partial charge >= 0.3 is 4.87 Å². The zero-order chi connectivity index (χ0) is 19.6. The number of thiazole rings is 1. The van der Waals surface area contributed by atoms with E-state index in [9.17, 15) is 9.90 Å². The summed E-state index contributed by atoms with van der Waals surface area (Å²) < 4.78 is 11.6. The minimum atomic E-state index is -0.249. The second kappa shape index (κ2) is 7.83. The van der Waals surface area contributed by atoms with E-state index < -0.39 is 0 Å². The Balaban J connectivity index is 1.35. The molecule has 28 heavy (non-hydrogen) atoms. The molecule has 1 aliphatic rings. The van der Waals surface area contributed by atoms with Crippen molar-refractivity contribution in [1.29, 1.82) is 0 Å². The maximum atomic E-state index is 11.3. The predicted molar refractivity (Wildman–Crippen MR) is 107 cm³/mol. The van der Waals surface area contributed by atoms with Gasteiger partial charge in [0.25, 0.3) is 0 Å². The number of oxazole rings is 1. The molecule has 0 unspecified atom stereocenters. The maximum absolute atomic E-state index is 11.3. The van der Waals surface area contributed by atoms with Crippen LogP contribution in [0.2, 0.25) is 0 Å². The normalized spacial score (nSPS) is 16.2. The van der Waals surface area contributed by atoms with Crippen LogP contribution in [0.25, 0.3) is 0 Å². The predicted octanol–water partition coefficient (Wildman–Crippen LogP) is 4.52. The van der Waals surface area contributed by atoms with Crippen LogP contribution >= 0.6 is 11.3 Å². The number of nitrogens with one attached hydrogen (secondary N) is 1. The molecule has 0 aliphatic heterocycles. The van der Waals surface area contributed by atoms with Gasteiger partial charge in [0.15, 0.2) is 5.89 Å². The third kappa shape index (κ3) is 4.14. The van der Waals surface area contributed by atoms with Crippen molar-refractivity contribution in [1.82, 2.24) is 9.97 Å². The molecular weight excluding hydrogens is 376 g/mol. The quantitative estimate of drug-likeness (QED) is 0.635. The third-order valence-corrected chi connectivity index (χ3v) is 6.27. The van der Waals surface area contributed by atoms with Gasteiger partial charge < -0.3 is 14.3 Å². The van der Waals surface area contributed by atoms with E-state index in [4.69, 9.17) is 9.15 Å². The molecule has 1 aliphatic carbocycles. The van der Waals surface area contributed by atoms with E-state index in [2.05, 4.69) is 16.9 Å². The molecule has 148 valence electrons. The monoisotopic (exact) mass is 400 g/mol. The van der Waals surface area contributed by atoms with Crippen molar-refractivity contribution in [3.05, 3.63) is 62.2 Å². The van der Waals surface area contributed by atoms with Crippen molar-refractivity contribution in [2.75, 3.05) is 0 Å². The Morgan fingerprint density at radius 3 is 2.68 bits per heavy atom. The lowest BCUT2D eigenvalue weighted by atomic mass is 9.76. The summed E-state index contributed by atoms with van der Waals surface area (Å²) in [6.07, 6.45) is 8.20. The number of nitrogens with zero attached hydrogens (tertiary/aromatic N) is 1. The Morgan fingerprint density at radius 1 is 1.25 bits per heavy atom. The Kier molecular flexibility index (Phi) is 5.26. The maximum Gasteiger partial charge on any atom is 0.307 e. The van der Waals surface area contributed by atoms with Crippen LogP contribution in [0.1, 0.15) is 61.1 Å². The summed E-state index contributed by atoms with van der Waals surface area (Å²) in [4.78, 5) is 18.7. The van der Waals surface area contributed by atoms with Crippen molar-refractivity contribution < 1.29 is 14.3 Å². The SMILES string of the molecule is CC1(c2nc(COc3ccc(Cc4sc(=O)[nH]c4O)cc3)co2)CCCCC1. The first-order chi connectivity index (χ1) is 13.5. The minimum absolute atomic E-state index is 0.0485. The number of aromatic amines is 1. The molecule has 2 heterocycles. The van der Waals surface area contributed by atoms with E-state index in [0.29, 0.717) is 17.9 Å². The smallest absolute Gasteiger partial charge is 0.307 e. The highest BCUT2D eigenvalue weighted by Crippen LogP contribution is 2.38. The van der Waals surface area contributed by atoms with E-state index >= 15 is 0 Å². The standard InChI is InChI=1S/C21H24N2O4S/c1-21(9-3-2-4-10-21)19-22-15(13-27-19)12-26-16-7-5-14(6-8-16)11-17-18(24)23-20(25)28-17/h5-8,13,24H,2-4,9-12H2,1H3,(H,23,25). The van der Waals surface area contributed by atoms with E-state index in [-0.39, 0.29) is 16.2 Å². The molecule has 0 atom stereocenters. The van der Waals surface area contributed by atoms with Crippen LogP contribution < -0.4 is 9.61 Å². The number of hydrogen-bond donors (Lipinski definition) is 2. The molecule has 7 heteroatoms. The second-order valence-corrected chi connectivity index (χ2v) is 8.73. The van der Waals surface area contributed by atoms with Crippen LogP contribution in [0.5, 0.6) is 11.6 Å². The van der Waals surface area contributed by atoms with E-state index in [1.54, 1.807) is 6.26 Å². The fraction of sp³-hybridized carbons (Fsp3) is 0.429. The molecule has 0 bridgehead atoms. The summed E-state index contributed by atoms with van der Waals surface area (Å²) >= 11 is 1.02. The molecule has 0 spiro atoms. The van der Waals surface area contributed by atoms with Crippen LogP contribution in [0.3, 0.4) is 0 Å². The molecule has 0 amide bonds. The van der Waals surface area contributed by atoms with Crippen molar-refractivity contribution in [3.63, 3.8) is 0 Å². The first kappa shape index (κ1) is 18.8. The van der Waals surface area contributed by atoms with E-state index in [1.165, 1.54) is 19.3 Å². The van der Waals surface area contributed by atoms with Crippen LogP contribution in [0, 0.1) is 0 Å². The van der Waals surface area contributed by atoms with Crippen LogP contribution in [0.4, 0.5) is 0 Å². The van der Waals surface area contributed by atoms with Crippen molar-refractivity contribution in [3.8, 4) is 11.6 Å². The number of aromatic hydroxyl groups is 1. The lowest BCUT2D eigenvalue weighted by Crippen LogP contribution is -2.25. The van der Waals surface area contributed by atoms with Crippen LogP contribution in [0.15, 0.2) is 39.7 Å². The number of rotatable bonds is 6. The highest BCUT2D eigenvalue weighted by Gasteiger charge is 2.33. The summed E-state index contributed by atoms with van der Waals surface area (Å²) in [5.41, 5.74) is 1.84. The van der Waals surface area contributed by atoms with E-state index in [0.717, 1.165) is 47.1 Å². The zero-order valence-corrected chi connectivity index (χ0v) is 16.7. The summed E-state index contributed by atoms with van der Waals surface area (Å²) in [6.45, 7) is 2.60. The molecule has 0 saturated heterocycles. The summed E-state index contributed by atoms with van der Waals surface area (Å²) in [7, 11) is 0. The first-order valence-corrected chi connectivity index (χ1v) is 10.4. The molecule has 1 saturated carbocycles. The number of ether oxygens (including phenoxy) is 1. The van der Waals surface area contributed by atoms with Gasteiger partial charge in [-0.1, -0.05) is 49.7 Å². The summed E-state index contributed by atoms with van der Waals surface area (Å²) in [5, 5.41) is 9.69. The fourth-order valence-electron chi connectivity index (χ4n) is 3.71. The Morgan fingerprint density at radius 2 is 2.00 bits per heavy atom. The number of aromatic nitrogens is 2. The molecule has 4 rings (SSSR count). The largest absolute Gasteiger partial charge is 0.494 e. The first-order valence-electron chi connectivity index (χ1n) is 9.59.